The van der Waals surface area contributed by atoms with E-state index >= 15 is 0 Å². The molecule has 1 aromatic carbocycles. The molecule has 0 amide bonds. The van der Waals surface area contributed by atoms with Crippen molar-refractivity contribution in [3.05, 3.63) is 39.6 Å². The smallest absolute Gasteiger partial charge is 0.176 e. The molecule has 1 aliphatic heterocycles. The summed E-state index contributed by atoms with van der Waals surface area (Å²) in [5, 5.41) is 13.6. The molecule has 0 unspecified atom stereocenters. The van der Waals surface area contributed by atoms with Crippen molar-refractivity contribution in [1.82, 2.24) is 9.78 Å². The van der Waals surface area contributed by atoms with Crippen LogP contribution in [0, 0.1) is 17.2 Å². The number of carbonyl (C=O) groups excluding carboxylic acids is 1. The third kappa shape index (κ3) is 4.02. The number of benzene rings is 1. The van der Waals surface area contributed by atoms with E-state index in [1.54, 1.807) is 13.3 Å². The van der Waals surface area contributed by atoms with Crippen LogP contribution < -0.4 is 9.64 Å². The minimum Gasteiger partial charge on any atom is -0.495 e. The van der Waals surface area contributed by atoms with Crippen LogP contribution in [0.15, 0.2) is 28.9 Å². The van der Waals surface area contributed by atoms with E-state index in [1.165, 1.54) is 4.68 Å². The highest BCUT2D eigenvalue weighted by atomic mass is 79.9. The number of aromatic nitrogens is 2. The van der Waals surface area contributed by atoms with Crippen LogP contribution in [0.4, 0.5) is 5.69 Å². The third-order valence-electron chi connectivity index (χ3n) is 4.59. The number of ether oxygens (including phenoxy) is 1. The molecule has 0 radical (unpaired) electrons. The molecule has 26 heavy (non-hydrogen) atoms. The molecule has 1 aliphatic rings. The highest BCUT2D eigenvalue weighted by Crippen LogP contribution is 2.31. The van der Waals surface area contributed by atoms with Crippen molar-refractivity contribution in [2.75, 3.05) is 25.1 Å². The van der Waals surface area contributed by atoms with Crippen LogP contribution in [0.1, 0.15) is 18.5 Å². The lowest BCUT2D eigenvalue weighted by Gasteiger charge is -2.33. The molecule has 0 bridgehead atoms. The molecule has 8 heteroatoms. The Bertz CT molecular complexity index is 853. The lowest BCUT2D eigenvalue weighted by molar-refractivity contribution is -0.124. The summed E-state index contributed by atoms with van der Waals surface area (Å²) in [6, 6.07) is 7.71. The maximum Gasteiger partial charge on any atom is 0.176 e. The summed E-state index contributed by atoms with van der Waals surface area (Å²) in [6.07, 6.45) is 3.25. The summed E-state index contributed by atoms with van der Waals surface area (Å²) in [6.45, 7) is 1.79. The summed E-state index contributed by atoms with van der Waals surface area (Å²) < 4.78 is 7.41. The van der Waals surface area contributed by atoms with Gasteiger partial charge in [-0.05, 0) is 40.9 Å². The molecular weight excluding hydrogens is 420 g/mol. The van der Waals surface area contributed by atoms with Gasteiger partial charge in [-0.25, -0.2) is 0 Å². The molecule has 0 N–H and O–H groups in total. The molecule has 0 spiro atoms. The molecule has 0 atom stereocenters. The second kappa shape index (κ2) is 8.11. The Morgan fingerprint density at radius 2 is 2.19 bits per heavy atom. The Labute approximate surface area is 165 Å². The van der Waals surface area contributed by atoms with Gasteiger partial charge in [-0.1, -0.05) is 11.6 Å². The van der Waals surface area contributed by atoms with Gasteiger partial charge in [-0.3, -0.25) is 9.48 Å². The van der Waals surface area contributed by atoms with Gasteiger partial charge in [-0.15, -0.1) is 0 Å². The van der Waals surface area contributed by atoms with Crippen molar-refractivity contribution < 1.29 is 9.53 Å². The Hall–Kier alpha value is -2.04. The van der Waals surface area contributed by atoms with Gasteiger partial charge >= 0.3 is 0 Å². The average Bonchev–Trinajstić information content (AvgIpc) is 3.01. The molecule has 1 aromatic heterocycles. The Balaban J connectivity index is 1.59. The second-order valence-corrected chi connectivity index (χ2v) is 7.44. The molecule has 6 nitrogen and oxygen atoms in total. The molecular formula is C18H18BrClN4O2. The molecule has 3 rings (SSSR count). The summed E-state index contributed by atoms with van der Waals surface area (Å²) >= 11 is 9.35. The lowest BCUT2D eigenvalue weighted by Crippen LogP contribution is -2.37. The Morgan fingerprint density at radius 3 is 2.81 bits per heavy atom. The first-order valence-electron chi connectivity index (χ1n) is 8.26. The number of halogens is 2. The predicted molar refractivity (Wildman–Crippen MR) is 103 cm³/mol. The zero-order valence-corrected chi connectivity index (χ0v) is 16.6. The summed E-state index contributed by atoms with van der Waals surface area (Å²) in [4.78, 5) is 14.8. The average molecular weight is 438 g/mol. The van der Waals surface area contributed by atoms with E-state index in [0.717, 1.165) is 31.6 Å². The van der Waals surface area contributed by atoms with Crippen molar-refractivity contribution >= 4 is 39.0 Å². The minimum absolute atomic E-state index is 0.00829. The van der Waals surface area contributed by atoms with Gasteiger partial charge in [0.15, 0.2) is 11.5 Å². The maximum absolute atomic E-state index is 12.5. The van der Waals surface area contributed by atoms with E-state index < -0.39 is 0 Å². The monoisotopic (exact) mass is 436 g/mol. The van der Waals surface area contributed by atoms with Crippen molar-refractivity contribution in [3.8, 4) is 11.8 Å². The van der Waals surface area contributed by atoms with Gasteiger partial charge in [0.05, 0.1) is 23.1 Å². The predicted octanol–water partition coefficient (Wildman–Crippen LogP) is 3.66. The van der Waals surface area contributed by atoms with Gasteiger partial charge in [0.1, 0.15) is 11.8 Å². The van der Waals surface area contributed by atoms with Crippen LogP contribution in [0.3, 0.4) is 0 Å². The molecule has 0 aliphatic carbocycles. The first kappa shape index (κ1) is 18.7. The molecule has 136 valence electrons. The first-order chi connectivity index (χ1) is 12.5. The number of nitrogens with zero attached hydrogens (tertiary/aromatic N) is 4. The Kier molecular flexibility index (Phi) is 5.84. The van der Waals surface area contributed by atoms with Gasteiger partial charge in [0.25, 0.3) is 0 Å². The molecule has 0 saturated carbocycles. The van der Waals surface area contributed by atoms with Crippen LogP contribution >= 0.6 is 27.5 Å². The zero-order chi connectivity index (χ0) is 18.7. The van der Waals surface area contributed by atoms with Gasteiger partial charge in [0, 0.05) is 37.0 Å². The highest BCUT2D eigenvalue weighted by Gasteiger charge is 2.26. The number of carbonyl (C=O) groups is 1. The topological polar surface area (TPSA) is 71.2 Å². The quantitative estimate of drug-likeness (QED) is 0.714. The number of nitriles is 1. The van der Waals surface area contributed by atoms with Crippen molar-refractivity contribution in [3.63, 3.8) is 0 Å². The van der Waals surface area contributed by atoms with Crippen molar-refractivity contribution in [2.45, 2.75) is 19.4 Å². The van der Waals surface area contributed by atoms with Crippen LogP contribution in [-0.4, -0.2) is 35.8 Å². The fourth-order valence-corrected chi connectivity index (χ4v) is 3.75. The Morgan fingerprint density at radius 1 is 1.46 bits per heavy atom. The number of piperidine rings is 1. The third-order valence-corrected chi connectivity index (χ3v) is 5.48. The molecule has 1 fully saturated rings. The van der Waals surface area contributed by atoms with Crippen molar-refractivity contribution in [1.29, 1.82) is 5.26 Å². The van der Waals surface area contributed by atoms with Gasteiger partial charge in [-0.2, -0.15) is 10.4 Å². The van der Waals surface area contributed by atoms with Gasteiger partial charge in [0.2, 0.25) is 0 Å². The summed E-state index contributed by atoms with van der Waals surface area (Å²) in [5.41, 5.74) is 1.34. The standard InChI is InChI=1S/C18H18BrClN4O2/c1-26-18-8-13(2-3-15(18)20)23-6-4-12(5-7-23)17(25)11-24-10-14(19)16(9-21)22-24/h2-3,8,10,12H,4-7,11H2,1H3. The van der Waals surface area contributed by atoms with E-state index in [4.69, 9.17) is 21.6 Å². The largest absolute Gasteiger partial charge is 0.495 e. The van der Waals surface area contributed by atoms with E-state index in [1.807, 2.05) is 24.3 Å². The van der Waals surface area contributed by atoms with E-state index in [-0.39, 0.29) is 18.2 Å². The summed E-state index contributed by atoms with van der Waals surface area (Å²) in [5.74, 6) is 0.812. The second-order valence-electron chi connectivity index (χ2n) is 6.18. The van der Waals surface area contributed by atoms with Crippen LogP contribution in [0.2, 0.25) is 5.02 Å². The molecule has 2 aromatic rings. The zero-order valence-electron chi connectivity index (χ0n) is 14.3. The molecule has 2 heterocycles. The fraction of sp³-hybridized carbons (Fsp3) is 0.389. The van der Waals surface area contributed by atoms with E-state index in [0.29, 0.717) is 20.9 Å². The summed E-state index contributed by atoms with van der Waals surface area (Å²) in [7, 11) is 1.60. The first-order valence-corrected chi connectivity index (χ1v) is 9.43. The number of hydrogen-bond donors (Lipinski definition) is 0. The molecule has 1 saturated heterocycles. The number of hydrogen-bond acceptors (Lipinski definition) is 5. The van der Waals surface area contributed by atoms with Crippen LogP contribution in [0.25, 0.3) is 0 Å². The van der Waals surface area contributed by atoms with Gasteiger partial charge < -0.3 is 9.64 Å². The minimum atomic E-state index is 0.00829. The van der Waals surface area contributed by atoms with Crippen LogP contribution in [0.5, 0.6) is 5.75 Å². The van der Waals surface area contributed by atoms with E-state index in [9.17, 15) is 4.79 Å². The lowest BCUT2D eigenvalue weighted by atomic mass is 9.92. The maximum atomic E-state index is 12.5. The van der Waals surface area contributed by atoms with Crippen LogP contribution in [-0.2, 0) is 11.3 Å². The number of rotatable bonds is 5. The van der Waals surface area contributed by atoms with E-state index in [2.05, 4.69) is 25.9 Å². The number of Topliss-reactive ketones (excluding diaryl/α,β-unsaturated/α-hetero) is 1. The normalized spacial score (nSPS) is 14.9. The van der Waals surface area contributed by atoms with Crippen molar-refractivity contribution in [2.24, 2.45) is 5.92 Å². The number of ketones is 1. The number of methoxy groups -OCH3 is 1. The fourth-order valence-electron chi connectivity index (χ4n) is 3.15. The number of anilines is 1. The SMILES string of the molecule is COc1cc(N2CCC(C(=O)Cn3cc(Br)c(C#N)n3)CC2)ccc1Cl. The highest BCUT2D eigenvalue weighted by molar-refractivity contribution is 9.10.